The van der Waals surface area contributed by atoms with Crippen LogP contribution in [0.15, 0.2) is 54.7 Å². The molecule has 1 aromatic carbocycles. The van der Waals surface area contributed by atoms with Gasteiger partial charge in [-0.25, -0.2) is 0 Å². The molecule has 0 aliphatic rings. The minimum atomic E-state index is 0. The van der Waals surface area contributed by atoms with Crippen molar-refractivity contribution in [3.8, 4) is 0 Å². The molecular formula is C14H9IrN2-. The van der Waals surface area contributed by atoms with E-state index in [1.807, 2.05) is 48.5 Å². The molecule has 0 spiro atoms. The van der Waals surface area contributed by atoms with Gasteiger partial charge in [0.05, 0.1) is 6.57 Å². The van der Waals surface area contributed by atoms with Crippen LogP contribution in [0.3, 0.4) is 0 Å². The minimum Gasteiger partial charge on any atom is -0.316 e. The fourth-order valence-corrected chi connectivity index (χ4v) is 1.31. The molecule has 1 radical (unpaired) electrons. The summed E-state index contributed by atoms with van der Waals surface area (Å²) in [4.78, 5) is 7.58. The first-order chi connectivity index (χ1) is 7.90. The van der Waals surface area contributed by atoms with Crippen LogP contribution in [0.1, 0.15) is 11.3 Å². The summed E-state index contributed by atoms with van der Waals surface area (Å²) in [6.45, 7) is 7.13. The summed E-state index contributed by atoms with van der Waals surface area (Å²) >= 11 is 0. The van der Waals surface area contributed by atoms with Crippen LogP contribution in [0.25, 0.3) is 10.5 Å². The molecule has 0 N–H and O–H groups in total. The summed E-state index contributed by atoms with van der Waals surface area (Å²) in [6.07, 6.45) is 4.72. The van der Waals surface area contributed by atoms with Gasteiger partial charge in [-0.3, -0.25) is 4.85 Å². The van der Waals surface area contributed by atoms with E-state index in [9.17, 15) is 0 Å². The quantitative estimate of drug-likeness (QED) is 0.712. The second-order valence-corrected chi connectivity index (χ2v) is 3.17. The predicted octanol–water partition coefficient (Wildman–Crippen LogP) is 3.19. The Balaban J connectivity index is 0.00000144. The molecule has 0 saturated heterocycles. The van der Waals surface area contributed by atoms with Gasteiger partial charge >= 0.3 is 0 Å². The molecule has 0 atom stereocenters. The number of aromatic nitrogens is 1. The molecule has 1 heterocycles. The van der Waals surface area contributed by atoms with E-state index in [0.29, 0.717) is 11.4 Å². The molecule has 0 aliphatic heterocycles. The van der Waals surface area contributed by atoms with E-state index >= 15 is 0 Å². The van der Waals surface area contributed by atoms with Crippen molar-refractivity contribution < 1.29 is 20.1 Å². The van der Waals surface area contributed by atoms with Crippen LogP contribution < -0.4 is 0 Å². The van der Waals surface area contributed by atoms with Crippen molar-refractivity contribution >= 4 is 5.70 Å². The van der Waals surface area contributed by atoms with Crippen molar-refractivity contribution in [2.45, 2.75) is 0 Å². The second-order valence-electron chi connectivity index (χ2n) is 3.17. The van der Waals surface area contributed by atoms with Crippen molar-refractivity contribution in [1.82, 2.24) is 4.98 Å². The van der Waals surface area contributed by atoms with Gasteiger partial charge in [0.25, 0.3) is 0 Å². The largest absolute Gasteiger partial charge is 0.316 e. The van der Waals surface area contributed by atoms with E-state index in [1.165, 1.54) is 0 Å². The van der Waals surface area contributed by atoms with Gasteiger partial charge in [-0.1, -0.05) is 18.2 Å². The van der Waals surface area contributed by atoms with Crippen LogP contribution in [-0.4, -0.2) is 4.98 Å². The van der Waals surface area contributed by atoms with Gasteiger partial charge in [0.1, 0.15) is 5.70 Å². The zero-order chi connectivity index (χ0) is 11.2. The molecule has 0 amide bonds. The maximum Gasteiger partial charge on any atom is 0.131 e. The van der Waals surface area contributed by atoms with Crippen molar-refractivity contribution in [3.63, 3.8) is 0 Å². The Morgan fingerprint density at radius 3 is 2.35 bits per heavy atom. The average Bonchev–Trinajstić information content (AvgIpc) is 2.38. The third-order valence-electron chi connectivity index (χ3n) is 2.06. The Labute approximate surface area is 114 Å². The van der Waals surface area contributed by atoms with Gasteiger partial charge in [0.2, 0.25) is 0 Å². The molecule has 2 nitrogen and oxygen atoms in total. The Bertz CT molecular complexity index is 527. The molecule has 0 saturated carbocycles. The molecule has 0 bridgehead atoms. The number of benzene rings is 1. The maximum atomic E-state index is 7.13. The minimum absolute atomic E-state index is 0. The van der Waals surface area contributed by atoms with E-state index < -0.39 is 0 Å². The Morgan fingerprint density at radius 2 is 1.76 bits per heavy atom. The molecule has 2 aromatic rings. The van der Waals surface area contributed by atoms with Crippen LogP contribution in [0.2, 0.25) is 0 Å². The molecule has 3 heteroatoms. The van der Waals surface area contributed by atoms with Crippen molar-refractivity contribution in [2.24, 2.45) is 0 Å². The fourth-order valence-electron chi connectivity index (χ4n) is 1.31. The van der Waals surface area contributed by atoms with Crippen molar-refractivity contribution in [1.29, 1.82) is 0 Å². The number of hydrogen-bond acceptors (Lipinski definition) is 1. The second kappa shape index (κ2) is 6.75. The summed E-state index contributed by atoms with van der Waals surface area (Å²) < 4.78 is 0. The van der Waals surface area contributed by atoms with E-state index in [2.05, 4.69) is 15.9 Å². The van der Waals surface area contributed by atoms with E-state index in [0.717, 1.165) is 5.56 Å². The van der Waals surface area contributed by atoms with Crippen molar-refractivity contribution in [3.05, 3.63) is 83.5 Å². The van der Waals surface area contributed by atoms with Gasteiger partial charge in [-0.2, -0.15) is 5.56 Å². The van der Waals surface area contributed by atoms with Gasteiger partial charge in [-0.15, -0.1) is 30.3 Å². The van der Waals surface area contributed by atoms with Crippen molar-refractivity contribution in [2.75, 3.05) is 0 Å². The molecule has 17 heavy (non-hydrogen) atoms. The third-order valence-corrected chi connectivity index (χ3v) is 2.06. The normalized spacial score (nSPS) is 10.2. The molecule has 0 unspecified atom stereocenters. The molecular weight excluding hydrogens is 388 g/mol. The number of rotatable bonds is 2. The van der Waals surface area contributed by atoms with Gasteiger partial charge in [0, 0.05) is 26.3 Å². The first-order valence-corrected chi connectivity index (χ1v) is 4.88. The molecule has 2 rings (SSSR count). The first-order valence-electron chi connectivity index (χ1n) is 4.88. The number of pyridine rings is 1. The zero-order valence-corrected chi connectivity index (χ0v) is 11.3. The van der Waals surface area contributed by atoms with Crippen LogP contribution in [-0.2, 0) is 20.1 Å². The molecule has 85 valence electrons. The SMILES string of the molecule is [C-]#[N+]C(=[C-]c1ccccc1)c1ccccn1.[Ir]. The van der Waals surface area contributed by atoms with E-state index in [4.69, 9.17) is 6.57 Å². The monoisotopic (exact) mass is 398 g/mol. The van der Waals surface area contributed by atoms with Gasteiger partial charge < -0.3 is 4.98 Å². The summed E-state index contributed by atoms with van der Waals surface area (Å²) in [5.74, 6) is 0. The third kappa shape index (κ3) is 3.64. The van der Waals surface area contributed by atoms with Crippen LogP contribution in [0, 0.1) is 12.6 Å². The van der Waals surface area contributed by atoms with Crippen LogP contribution in [0.5, 0.6) is 0 Å². The van der Waals surface area contributed by atoms with Crippen LogP contribution >= 0.6 is 0 Å². The topological polar surface area (TPSA) is 17.2 Å². The summed E-state index contributed by atoms with van der Waals surface area (Å²) in [7, 11) is 0. The van der Waals surface area contributed by atoms with E-state index in [-0.39, 0.29) is 20.1 Å². The average molecular weight is 397 g/mol. The molecule has 0 aliphatic carbocycles. The summed E-state index contributed by atoms with van der Waals surface area (Å²) in [6, 6.07) is 15.1. The number of nitrogens with zero attached hydrogens (tertiary/aromatic N) is 2. The van der Waals surface area contributed by atoms with E-state index in [1.54, 1.807) is 6.20 Å². The predicted molar refractivity (Wildman–Crippen MR) is 63.0 cm³/mol. The van der Waals surface area contributed by atoms with Gasteiger partial charge in [-0.05, 0) is 11.8 Å². The summed E-state index contributed by atoms with van der Waals surface area (Å²) in [5, 5.41) is 0. The standard InChI is InChI=1S/C14H9N2.Ir/c1-15-14(13-9-5-6-10-16-13)11-12-7-3-2-4-8-12;/h2-10H;/q-1;. The molecule has 1 aromatic heterocycles. The Kier molecular flexibility index (Phi) is 5.29. The smallest absolute Gasteiger partial charge is 0.131 e. The van der Waals surface area contributed by atoms with Crippen LogP contribution in [0.4, 0.5) is 0 Å². The Hall–Kier alpha value is -1.75. The maximum absolute atomic E-state index is 7.13. The number of hydrogen-bond donors (Lipinski definition) is 0. The zero-order valence-electron chi connectivity index (χ0n) is 8.92. The fraction of sp³-hybridized carbons (Fsp3) is 0. The Morgan fingerprint density at radius 1 is 1.06 bits per heavy atom. The summed E-state index contributed by atoms with van der Waals surface area (Å²) in [5.41, 5.74) is 1.98. The molecule has 0 fully saturated rings. The van der Waals surface area contributed by atoms with Gasteiger partial charge in [0.15, 0.2) is 0 Å². The first kappa shape index (κ1) is 13.3.